The van der Waals surface area contributed by atoms with Crippen LogP contribution in [0, 0.1) is 0 Å². The van der Waals surface area contributed by atoms with E-state index in [-0.39, 0.29) is 19.1 Å². The summed E-state index contributed by atoms with van der Waals surface area (Å²) >= 11 is 0. The minimum atomic E-state index is -1.43. The molecule has 0 fully saturated rings. The quantitative estimate of drug-likeness (QED) is 0.638. The molecule has 0 bridgehead atoms. The molecule has 1 unspecified atom stereocenters. The Hall–Kier alpha value is -3.39. The largest absolute Gasteiger partial charge is 0.480 e. The molecular weight excluding hydrogens is 422 g/mol. The van der Waals surface area contributed by atoms with Crippen molar-refractivity contribution in [3.63, 3.8) is 0 Å². The van der Waals surface area contributed by atoms with Crippen LogP contribution in [0.25, 0.3) is 11.1 Å². The van der Waals surface area contributed by atoms with E-state index in [0.29, 0.717) is 0 Å². The van der Waals surface area contributed by atoms with Gasteiger partial charge in [-0.3, -0.25) is 4.79 Å². The molecule has 0 saturated carbocycles. The molecule has 8 heteroatoms. The zero-order chi connectivity index (χ0) is 24.3. The first-order valence-corrected chi connectivity index (χ1v) is 10.8. The van der Waals surface area contributed by atoms with Gasteiger partial charge in [0.1, 0.15) is 18.2 Å². The average molecular weight is 454 g/mol. The van der Waals surface area contributed by atoms with Gasteiger partial charge in [0.2, 0.25) is 5.91 Å². The fourth-order valence-electron chi connectivity index (χ4n) is 3.99. The van der Waals surface area contributed by atoms with Crippen molar-refractivity contribution in [2.24, 2.45) is 0 Å². The van der Waals surface area contributed by atoms with Crippen molar-refractivity contribution >= 4 is 18.0 Å². The summed E-state index contributed by atoms with van der Waals surface area (Å²) in [5.41, 5.74) is 3.01. The molecule has 3 rings (SSSR count). The van der Waals surface area contributed by atoms with Gasteiger partial charge in [-0.05, 0) is 50.2 Å². The number of nitrogens with one attached hydrogen (secondary N) is 1. The Morgan fingerprint density at radius 2 is 1.52 bits per heavy atom. The van der Waals surface area contributed by atoms with Gasteiger partial charge < -0.3 is 25.0 Å². The number of carbonyl (C=O) groups is 3. The van der Waals surface area contributed by atoms with E-state index in [4.69, 9.17) is 4.74 Å². The summed E-state index contributed by atoms with van der Waals surface area (Å²) in [6, 6.07) is 15.1. The second kappa shape index (κ2) is 9.62. The van der Waals surface area contributed by atoms with Crippen LogP contribution in [-0.2, 0) is 14.3 Å². The van der Waals surface area contributed by atoms with Gasteiger partial charge in [0.15, 0.2) is 0 Å². The van der Waals surface area contributed by atoms with Crippen LogP contribution in [0.5, 0.6) is 0 Å². The molecule has 2 amide bonds. The van der Waals surface area contributed by atoms with E-state index in [1.807, 2.05) is 36.4 Å². The topological polar surface area (TPSA) is 99.2 Å². The molecule has 2 aromatic rings. The summed E-state index contributed by atoms with van der Waals surface area (Å²) in [5.74, 6) is -1.74. The summed E-state index contributed by atoms with van der Waals surface area (Å²) in [6.45, 7) is 3.20. The lowest BCUT2D eigenvalue weighted by Gasteiger charge is -2.35. The van der Waals surface area contributed by atoms with Crippen LogP contribution in [0.4, 0.5) is 4.79 Å². The van der Waals surface area contributed by atoms with Gasteiger partial charge in [0, 0.05) is 19.5 Å². The first-order valence-electron chi connectivity index (χ1n) is 10.8. The van der Waals surface area contributed by atoms with E-state index in [0.717, 1.165) is 27.2 Å². The maximum atomic E-state index is 13.0. The number of carboxylic acid groups (broad SMARTS) is 1. The number of hydrogen-bond donors (Lipinski definition) is 2. The van der Waals surface area contributed by atoms with Crippen LogP contribution in [0.15, 0.2) is 48.5 Å². The number of alkyl carbamates (subject to hydrolysis) is 1. The highest BCUT2D eigenvalue weighted by Crippen LogP contribution is 2.44. The lowest BCUT2D eigenvalue weighted by atomic mass is 9.98. The highest BCUT2D eigenvalue weighted by Gasteiger charge is 2.39. The number of fused-ring (bicyclic) bond motifs is 3. The number of aliphatic carboxylic acids is 1. The average Bonchev–Trinajstić information content (AvgIpc) is 3.09. The summed E-state index contributed by atoms with van der Waals surface area (Å²) in [7, 11) is 4.95. The maximum Gasteiger partial charge on any atom is 0.407 e. The minimum absolute atomic E-state index is 0.0974. The van der Waals surface area contributed by atoms with Crippen LogP contribution in [0.3, 0.4) is 0 Å². The molecule has 1 aliphatic rings. The van der Waals surface area contributed by atoms with Crippen LogP contribution in [-0.4, -0.2) is 78.8 Å². The fourth-order valence-corrected chi connectivity index (χ4v) is 3.99. The number of carbonyl (C=O) groups excluding carboxylic acids is 2. The monoisotopic (exact) mass is 453 g/mol. The number of rotatable bonds is 8. The van der Waals surface area contributed by atoms with E-state index in [9.17, 15) is 19.5 Å². The predicted molar refractivity (Wildman–Crippen MR) is 125 cm³/mol. The highest BCUT2D eigenvalue weighted by atomic mass is 16.5. The standard InChI is InChI=1S/C25H31N3O5/c1-25(2,23(30)31)28(5)22(29)21(14-27(3)4)26-24(32)33-15-20-18-12-8-6-10-16(18)17-11-7-9-13-19(17)20/h6-13,20-21H,14-15H2,1-5H3,(H,26,32)(H,30,31). The fraction of sp³-hybridized carbons (Fsp3) is 0.400. The van der Waals surface area contributed by atoms with Crippen molar-refractivity contribution in [3.8, 4) is 11.1 Å². The van der Waals surface area contributed by atoms with E-state index < -0.39 is 29.6 Å². The molecule has 2 N–H and O–H groups in total. The Morgan fingerprint density at radius 3 is 2.00 bits per heavy atom. The Balaban J connectivity index is 1.71. The smallest absolute Gasteiger partial charge is 0.407 e. The summed E-state index contributed by atoms with van der Waals surface area (Å²) in [4.78, 5) is 40.2. The predicted octanol–water partition coefficient (Wildman–Crippen LogP) is 2.78. The third kappa shape index (κ3) is 5.01. The number of benzene rings is 2. The number of likely N-dealkylation sites (N-methyl/N-ethyl adjacent to an activating group) is 2. The van der Waals surface area contributed by atoms with Crippen molar-refractivity contribution in [2.45, 2.75) is 31.3 Å². The third-order valence-corrected chi connectivity index (χ3v) is 6.17. The molecule has 8 nitrogen and oxygen atoms in total. The maximum absolute atomic E-state index is 13.0. The highest BCUT2D eigenvalue weighted by molar-refractivity contribution is 5.91. The number of amides is 2. The van der Waals surface area contributed by atoms with Gasteiger partial charge in [-0.25, -0.2) is 9.59 Å². The Labute approximate surface area is 194 Å². The molecule has 176 valence electrons. The molecule has 0 radical (unpaired) electrons. The Morgan fingerprint density at radius 1 is 1.00 bits per heavy atom. The third-order valence-electron chi connectivity index (χ3n) is 6.17. The van der Waals surface area contributed by atoms with Gasteiger partial charge in [-0.1, -0.05) is 48.5 Å². The lowest BCUT2D eigenvalue weighted by Crippen LogP contribution is -2.59. The van der Waals surface area contributed by atoms with Crippen molar-refractivity contribution in [1.29, 1.82) is 0 Å². The number of carboxylic acids is 1. The van der Waals surface area contributed by atoms with Crippen molar-refractivity contribution in [2.75, 3.05) is 34.3 Å². The molecule has 0 aliphatic heterocycles. The molecule has 2 aromatic carbocycles. The first kappa shape index (κ1) is 24.3. The van der Waals surface area contributed by atoms with E-state index in [2.05, 4.69) is 17.4 Å². The van der Waals surface area contributed by atoms with E-state index in [1.54, 1.807) is 19.0 Å². The Kier molecular flexibility index (Phi) is 7.07. The molecule has 0 aromatic heterocycles. The van der Waals surface area contributed by atoms with Crippen LogP contribution in [0.2, 0.25) is 0 Å². The first-order chi connectivity index (χ1) is 15.5. The van der Waals surface area contributed by atoms with E-state index in [1.165, 1.54) is 20.9 Å². The summed E-state index contributed by atoms with van der Waals surface area (Å²) < 4.78 is 5.56. The number of ether oxygens (including phenoxy) is 1. The van der Waals surface area contributed by atoms with E-state index >= 15 is 0 Å². The second-order valence-corrected chi connectivity index (χ2v) is 9.05. The molecule has 0 heterocycles. The van der Waals surface area contributed by atoms with Crippen LogP contribution < -0.4 is 5.32 Å². The summed E-state index contributed by atoms with van der Waals surface area (Å²) in [6.07, 6.45) is -0.724. The van der Waals surface area contributed by atoms with Crippen LogP contribution >= 0.6 is 0 Å². The van der Waals surface area contributed by atoms with Crippen molar-refractivity contribution in [1.82, 2.24) is 15.1 Å². The number of nitrogens with zero attached hydrogens (tertiary/aromatic N) is 2. The molecule has 0 saturated heterocycles. The second-order valence-electron chi connectivity index (χ2n) is 9.05. The molecule has 1 atom stereocenters. The SMILES string of the molecule is CN(C)CC(NC(=O)OCC1c2ccccc2-c2ccccc21)C(=O)N(C)C(C)(C)C(=O)O. The molecule has 1 aliphatic carbocycles. The van der Waals surface area contributed by atoms with Crippen molar-refractivity contribution in [3.05, 3.63) is 59.7 Å². The van der Waals surface area contributed by atoms with Gasteiger partial charge in [0.25, 0.3) is 0 Å². The Bertz CT molecular complexity index is 1000. The zero-order valence-corrected chi connectivity index (χ0v) is 19.7. The molecule has 0 spiro atoms. The summed E-state index contributed by atoms with van der Waals surface area (Å²) in [5, 5.41) is 12.1. The van der Waals surface area contributed by atoms with Gasteiger partial charge in [-0.15, -0.1) is 0 Å². The normalized spacial score (nSPS) is 13.8. The van der Waals surface area contributed by atoms with Gasteiger partial charge >= 0.3 is 12.1 Å². The number of hydrogen-bond acceptors (Lipinski definition) is 5. The molecular formula is C25H31N3O5. The minimum Gasteiger partial charge on any atom is -0.480 e. The van der Waals surface area contributed by atoms with Crippen molar-refractivity contribution < 1.29 is 24.2 Å². The van der Waals surface area contributed by atoms with Gasteiger partial charge in [0.05, 0.1) is 0 Å². The molecule has 33 heavy (non-hydrogen) atoms. The zero-order valence-electron chi connectivity index (χ0n) is 19.7. The van der Waals surface area contributed by atoms with Crippen LogP contribution in [0.1, 0.15) is 30.9 Å². The lowest BCUT2D eigenvalue weighted by molar-refractivity contribution is -0.156. The van der Waals surface area contributed by atoms with Gasteiger partial charge in [-0.2, -0.15) is 0 Å².